The normalized spacial score (nSPS) is 13.8. The van der Waals surface area contributed by atoms with Gasteiger partial charge in [-0.3, -0.25) is 18.5 Å². The molecule has 4 rings (SSSR count). The van der Waals surface area contributed by atoms with Gasteiger partial charge in [0.2, 0.25) is 5.95 Å². The minimum atomic E-state index is -0.450. The average Bonchev–Trinajstić information content (AvgIpc) is 3.03. The van der Waals surface area contributed by atoms with Gasteiger partial charge in [-0.2, -0.15) is 10.1 Å². The maximum atomic E-state index is 14.3. The molecule has 10 heteroatoms. The van der Waals surface area contributed by atoms with E-state index in [2.05, 4.69) is 10.1 Å². The first kappa shape index (κ1) is 18.4. The van der Waals surface area contributed by atoms with Crippen molar-refractivity contribution in [1.82, 2.24) is 18.7 Å². The van der Waals surface area contributed by atoms with Crippen molar-refractivity contribution in [3.63, 3.8) is 0 Å². The van der Waals surface area contributed by atoms with E-state index in [1.807, 2.05) is 6.92 Å². The predicted octanol–water partition coefficient (Wildman–Crippen LogP) is 2.11. The summed E-state index contributed by atoms with van der Waals surface area (Å²) in [6.45, 7) is 4.20. The maximum absolute atomic E-state index is 14.3. The fraction of sp³-hybridized carbons (Fsp3) is 0.333. The number of hydrazone groups is 1. The molecule has 0 aliphatic carbocycles. The van der Waals surface area contributed by atoms with Gasteiger partial charge in [0.15, 0.2) is 11.2 Å². The van der Waals surface area contributed by atoms with E-state index in [-0.39, 0.29) is 29.3 Å². The topological polar surface area (TPSA) is 77.4 Å². The van der Waals surface area contributed by atoms with Crippen LogP contribution in [0.3, 0.4) is 0 Å². The van der Waals surface area contributed by atoms with Crippen LogP contribution in [0, 0.1) is 5.82 Å². The molecule has 0 amide bonds. The molecule has 0 fully saturated rings. The van der Waals surface area contributed by atoms with Gasteiger partial charge in [0.1, 0.15) is 5.82 Å². The number of fused-ring (bicyclic) bond motifs is 3. The monoisotopic (exact) mass is 404 g/mol. The Kier molecular flexibility index (Phi) is 4.34. The fourth-order valence-corrected chi connectivity index (χ4v) is 3.66. The van der Waals surface area contributed by atoms with E-state index in [0.29, 0.717) is 18.0 Å². The standard InChI is InChI=1S/C18H18ClFN6O2/c1-4-24-16(27)14-15(23(3)18(24)28)21-17-25(14)8-10(2)22-26(17)9-11-12(19)6-5-7-13(11)20/h5-7H,4,8-9H2,1-3H3. The molecule has 0 unspecified atom stereocenters. The van der Waals surface area contributed by atoms with Crippen LogP contribution >= 0.6 is 11.6 Å². The van der Waals surface area contributed by atoms with Gasteiger partial charge in [-0.15, -0.1) is 0 Å². The molecule has 1 aromatic carbocycles. The lowest BCUT2D eigenvalue weighted by atomic mass is 10.2. The van der Waals surface area contributed by atoms with E-state index in [0.717, 1.165) is 10.3 Å². The smallest absolute Gasteiger partial charge is 0.297 e. The van der Waals surface area contributed by atoms with E-state index >= 15 is 0 Å². The summed E-state index contributed by atoms with van der Waals surface area (Å²) >= 11 is 6.16. The van der Waals surface area contributed by atoms with Crippen LogP contribution < -0.4 is 16.3 Å². The van der Waals surface area contributed by atoms with Crippen molar-refractivity contribution in [1.29, 1.82) is 0 Å². The van der Waals surface area contributed by atoms with Crippen molar-refractivity contribution in [3.05, 3.63) is 55.4 Å². The zero-order chi connectivity index (χ0) is 20.2. The zero-order valence-electron chi connectivity index (χ0n) is 15.6. The SMILES string of the molecule is CCn1c(=O)c2c(nc3n2CC(C)=NN3Cc2c(F)cccc2Cl)n(C)c1=O. The summed E-state index contributed by atoms with van der Waals surface area (Å²) in [5.74, 6) is -0.0878. The largest absolute Gasteiger partial charge is 0.332 e. The van der Waals surface area contributed by atoms with Gasteiger partial charge in [-0.25, -0.2) is 14.2 Å². The Hall–Kier alpha value is -2.94. The number of hydrogen-bond donors (Lipinski definition) is 0. The Labute approximate surface area is 164 Å². The molecular weight excluding hydrogens is 387 g/mol. The number of nitrogens with zero attached hydrogens (tertiary/aromatic N) is 6. The molecule has 28 heavy (non-hydrogen) atoms. The van der Waals surface area contributed by atoms with Gasteiger partial charge in [-0.1, -0.05) is 17.7 Å². The van der Waals surface area contributed by atoms with Gasteiger partial charge in [-0.05, 0) is 26.0 Å². The molecule has 3 heterocycles. The molecule has 1 aliphatic heterocycles. The van der Waals surface area contributed by atoms with Gasteiger partial charge in [0.25, 0.3) is 5.56 Å². The van der Waals surface area contributed by atoms with Gasteiger partial charge in [0, 0.05) is 24.2 Å². The second-order valence-electron chi connectivity index (χ2n) is 6.65. The van der Waals surface area contributed by atoms with Crippen LogP contribution in [-0.4, -0.2) is 24.4 Å². The van der Waals surface area contributed by atoms with Crippen molar-refractivity contribution < 1.29 is 4.39 Å². The highest BCUT2D eigenvalue weighted by molar-refractivity contribution is 6.31. The number of hydrogen-bond acceptors (Lipinski definition) is 5. The zero-order valence-corrected chi connectivity index (χ0v) is 16.4. The quantitative estimate of drug-likeness (QED) is 0.669. The Morgan fingerprint density at radius 3 is 2.71 bits per heavy atom. The summed E-state index contributed by atoms with van der Waals surface area (Å²) in [5, 5.41) is 6.25. The van der Waals surface area contributed by atoms with Crippen molar-refractivity contribution in [2.75, 3.05) is 5.01 Å². The molecule has 0 N–H and O–H groups in total. The number of aromatic nitrogens is 4. The van der Waals surface area contributed by atoms with E-state index in [9.17, 15) is 14.0 Å². The van der Waals surface area contributed by atoms with Crippen LogP contribution in [-0.2, 0) is 26.7 Å². The second kappa shape index (κ2) is 6.59. The van der Waals surface area contributed by atoms with Crippen LogP contribution in [0.1, 0.15) is 19.4 Å². The third-order valence-electron chi connectivity index (χ3n) is 4.81. The van der Waals surface area contributed by atoms with Gasteiger partial charge >= 0.3 is 5.69 Å². The number of rotatable bonds is 3. The minimum Gasteiger partial charge on any atom is -0.297 e. The lowest BCUT2D eigenvalue weighted by Gasteiger charge is -2.25. The first-order valence-electron chi connectivity index (χ1n) is 8.78. The van der Waals surface area contributed by atoms with E-state index in [1.165, 1.54) is 21.7 Å². The predicted molar refractivity (Wildman–Crippen MR) is 106 cm³/mol. The number of aryl methyl sites for hydroxylation is 1. The highest BCUT2D eigenvalue weighted by Crippen LogP contribution is 2.28. The van der Waals surface area contributed by atoms with E-state index in [1.54, 1.807) is 24.6 Å². The van der Waals surface area contributed by atoms with Crippen molar-refractivity contribution in [2.24, 2.45) is 12.1 Å². The lowest BCUT2D eigenvalue weighted by Crippen LogP contribution is -2.39. The summed E-state index contributed by atoms with van der Waals surface area (Å²) < 4.78 is 18.5. The number of benzene rings is 1. The summed E-state index contributed by atoms with van der Waals surface area (Å²) in [7, 11) is 1.57. The molecule has 0 bridgehead atoms. The second-order valence-corrected chi connectivity index (χ2v) is 7.06. The Morgan fingerprint density at radius 1 is 1.29 bits per heavy atom. The van der Waals surface area contributed by atoms with Crippen LogP contribution in [0.2, 0.25) is 5.02 Å². The van der Waals surface area contributed by atoms with Crippen LogP contribution in [0.5, 0.6) is 0 Å². The van der Waals surface area contributed by atoms with Gasteiger partial charge < -0.3 is 0 Å². The van der Waals surface area contributed by atoms with Crippen molar-refractivity contribution >= 4 is 34.4 Å². The summed E-state index contributed by atoms with van der Waals surface area (Å²) in [6, 6.07) is 4.46. The van der Waals surface area contributed by atoms with Crippen molar-refractivity contribution in [2.45, 2.75) is 33.5 Å². The molecule has 3 aromatic rings. The first-order chi connectivity index (χ1) is 13.3. The molecule has 0 saturated heterocycles. The Morgan fingerprint density at radius 2 is 2.04 bits per heavy atom. The van der Waals surface area contributed by atoms with Crippen LogP contribution in [0.15, 0.2) is 32.9 Å². The maximum Gasteiger partial charge on any atom is 0.332 e. The molecule has 0 radical (unpaired) electrons. The Balaban J connectivity index is 1.95. The first-order valence-corrected chi connectivity index (χ1v) is 9.15. The highest BCUT2D eigenvalue weighted by atomic mass is 35.5. The highest BCUT2D eigenvalue weighted by Gasteiger charge is 2.27. The molecule has 1 aliphatic rings. The Bertz CT molecular complexity index is 1240. The fourth-order valence-electron chi connectivity index (χ4n) is 3.44. The number of anilines is 1. The van der Waals surface area contributed by atoms with Crippen molar-refractivity contribution in [3.8, 4) is 0 Å². The molecular formula is C18H18ClFN6O2. The summed E-state index contributed by atoms with van der Waals surface area (Å²) in [4.78, 5) is 29.8. The molecule has 0 atom stereocenters. The number of imidazole rings is 1. The van der Waals surface area contributed by atoms with Gasteiger partial charge in [0.05, 0.1) is 18.8 Å². The molecule has 0 spiro atoms. The van der Waals surface area contributed by atoms with Crippen LogP contribution in [0.25, 0.3) is 11.2 Å². The van der Waals surface area contributed by atoms with E-state index in [4.69, 9.17) is 11.6 Å². The lowest BCUT2D eigenvalue weighted by molar-refractivity contribution is 0.600. The summed E-state index contributed by atoms with van der Waals surface area (Å²) in [6.07, 6.45) is 0. The summed E-state index contributed by atoms with van der Waals surface area (Å²) in [5.41, 5.74) is 0.744. The number of halogens is 2. The molecule has 2 aromatic heterocycles. The van der Waals surface area contributed by atoms with Crippen LogP contribution in [0.4, 0.5) is 10.3 Å². The van der Waals surface area contributed by atoms with E-state index < -0.39 is 17.1 Å². The third kappa shape index (κ3) is 2.65. The third-order valence-corrected chi connectivity index (χ3v) is 5.16. The molecule has 8 nitrogen and oxygen atoms in total. The minimum absolute atomic E-state index is 0.0437. The average molecular weight is 405 g/mol. The molecule has 146 valence electrons. The molecule has 0 saturated carbocycles.